The van der Waals surface area contributed by atoms with Crippen molar-refractivity contribution in [3.63, 3.8) is 0 Å². The molecule has 9 atom stereocenters. The summed E-state index contributed by atoms with van der Waals surface area (Å²) in [6.07, 6.45) is 9.80. The molecule has 6 heteroatoms. The predicted octanol–water partition coefficient (Wildman–Crippen LogP) is 4.00. The van der Waals surface area contributed by atoms with Crippen LogP contribution in [0.25, 0.3) is 0 Å². The Hall–Kier alpha value is -0.425. The third kappa shape index (κ3) is 3.14. The molecule has 0 aromatic rings. The highest BCUT2D eigenvalue weighted by molar-refractivity contribution is 6.46. The third-order valence-corrected chi connectivity index (χ3v) is 10.7. The Morgan fingerprint density at radius 3 is 2.71 bits per heavy atom. The number of aliphatic hydroxyl groups is 2. The fraction of sp³-hybridized carbons (Fsp3) is 0.960. The zero-order chi connectivity index (χ0) is 22.0. The SMILES string of the molecule is CCCCB1OCC(=O)[C@]2(CC[C@H]3[C@@H]4CC[C@@H]5C[C@H](O)CC[C@]5(C)[C@H]4[C@@H](O)C[C@@]32C)O1. The Labute approximate surface area is 187 Å². The molecule has 2 N–H and O–H groups in total. The van der Waals surface area contributed by atoms with Crippen molar-refractivity contribution in [1.82, 2.24) is 0 Å². The van der Waals surface area contributed by atoms with E-state index in [1.54, 1.807) is 0 Å². The highest BCUT2D eigenvalue weighted by atomic mass is 16.6. The topological polar surface area (TPSA) is 76.0 Å². The van der Waals surface area contributed by atoms with Crippen LogP contribution in [0, 0.1) is 34.5 Å². The van der Waals surface area contributed by atoms with Gasteiger partial charge in [0.2, 0.25) is 0 Å². The van der Waals surface area contributed by atoms with E-state index in [1.165, 1.54) is 0 Å². The maximum atomic E-state index is 13.3. The second-order valence-electron chi connectivity index (χ2n) is 12.0. The molecule has 174 valence electrons. The molecule has 1 heterocycles. The van der Waals surface area contributed by atoms with Gasteiger partial charge in [0.25, 0.3) is 0 Å². The van der Waals surface area contributed by atoms with Gasteiger partial charge in [-0.15, -0.1) is 0 Å². The first kappa shape index (κ1) is 22.4. The lowest BCUT2D eigenvalue weighted by molar-refractivity contribution is -0.204. The molecule has 0 radical (unpaired) electrons. The Morgan fingerprint density at radius 1 is 1.13 bits per heavy atom. The standard InChI is InChI=1S/C25H41BO5/c1-4-5-12-26-30-15-21(29)25(31-26)11-9-19-18-7-6-16-13-17(27)8-10-23(16,2)22(18)20(28)14-24(19,25)3/h16-20,22,27-28H,4-15H2,1-3H3/t16-,17-,18+,19+,20+,22-,23+,24+,25+/m1/s1. The minimum atomic E-state index is -0.791. The average molecular weight is 432 g/mol. The maximum absolute atomic E-state index is 13.3. The smallest absolute Gasteiger partial charge is 0.404 e. The van der Waals surface area contributed by atoms with Crippen molar-refractivity contribution in [2.24, 2.45) is 34.5 Å². The van der Waals surface area contributed by atoms with Gasteiger partial charge >= 0.3 is 7.12 Å². The first-order valence-electron chi connectivity index (χ1n) is 12.9. The quantitative estimate of drug-likeness (QED) is 0.660. The van der Waals surface area contributed by atoms with Crippen LogP contribution in [0.2, 0.25) is 6.32 Å². The normalized spacial score (nSPS) is 52.0. The van der Waals surface area contributed by atoms with Gasteiger partial charge in [-0.1, -0.05) is 33.6 Å². The maximum Gasteiger partial charge on any atom is 0.457 e. The summed E-state index contributed by atoms with van der Waals surface area (Å²) in [6, 6.07) is 0. The van der Waals surface area contributed by atoms with Gasteiger partial charge in [-0.2, -0.15) is 0 Å². The van der Waals surface area contributed by atoms with E-state index < -0.39 is 11.7 Å². The number of aliphatic hydroxyl groups excluding tert-OH is 2. The number of rotatable bonds is 3. The van der Waals surface area contributed by atoms with Gasteiger partial charge in [-0.3, -0.25) is 4.79 Å². The van der Waals surface area contributed by atoms with Crippen molar-refractivity contribution >= 4 is 12.9 Å². The molecule has 0 amide bonds. The molecule has 5 rings (SSSR count). The highest BCUT2D eigenvalue weighted by Gasteiger charge is 2.70. The van der Waals surface area contributed by atoms with Gasteiger partial charge in [-0.05, 0) is 86.8 Å². The number of hydrogen-bond donors (Lipinski definition) is 2. The number of ketones is 1. The summed E-state index contributed by atoms with van der Waals surface area (Å²) in [5, 5.41) is 21.9. The van der Waals surface area contributed by atoms with Gasteiger partial charge in [0.15, 0.2) is 5.78 Å². The number of carbonyl (C=O) groups is 1. The molecule has 1 spiro atoms. The van der Waals surface area contributed by atoms with Gasteiger partial charge in [-0.25, -0.2) is 0 Å². The molecular weight excluding hydrogens is 391 g/mol. The van der Waals surface area contributed by atoms with E-state index in [0.29, 0.717) is 24.2 Å². The van der Waals surface area contributed by atoms with Crippen molar-refractivity contribution < 1.29 is 24.3 Å². The lowest BCUT2D eigenvalue weighted by Gasteiger charge is -2.63. The van der Waals surface area contributed by atoms with Crippen molar-refractivity contribution in [3.8, 4) is 0 Å². The van der Waals surface area contributed by atoms with Crippen LogP contribution in [0.3, 0.4) is 0 Å². The molecule has 5 nitrogen and oxygen atoms in total. The number of unbranched alkanes of at least 4 members (excludes halogenated alkanes) is 1. The summed E-state index contributed by atoms with van der Waals surface area (Å²) in [7, 11) is -0.295. The number of Topliss-reactive ketones (excluding diaryl/α,β-unsaturated/α-hetero) is 1. The molecule has 1 aliphatic heterocycles. The molecule has 5 fully saturated rings. The summed E-state index contributed by atoms with van der Waals surface area (Å²) < 4.78 is 12.4. The van der Waals surface area contributed by atoms with Crippen molar-refractivity contribution in [1.29, 1.82) is 0 Å². The monoisotopic (exact) mass is 432 g/mol. The third-order valence-electron chi connectivity index (χ3n) is 10.7. The molecular formula is C25H41BO5. The van der Waals surface area contributed by atoms with E-state index in [-0.39, 0.29) is 42.4 Å². The van der Waals surface area contributed by atoms with Gasteiger partial charge in [0, 0.05) is 5.41 Å². The van der Waals surface area contributed by atoms with Crippen LogP contribution in [-0.4, -0.2) is 47.5 Å². The molecule has 5 aliphatic rings. The summed E-state index contributed by atoms with van der Waals surface area (Å²) in [5.74, 6) is 1.73. The van der Waals surface area contributed by atoms with Crippen LogP contribution in [0.4, 0.5) is 0 Å². The van der Waals surface area contributed by atoms with Crippen molar-refractivity contribution in [3.05, 3.63) is 0 Å². The predicted molar refractivity (Wildman–Crippen MR) is 119 cm³/mol. The van der Waals surface area contributed by atoms with Gasteiger partial charge in [0.1, 0.15) is 5.60 Å². The second kappa shape index (κ2) is 7.82. The van der Waals surface area contributed by atoms with E-state index in [2.05, 4.69) is 20.8 Å². The minimum Gasteiger partial charge on any atom is -0.404 e. The minimum absolute atomic E-state index is 0.0941. The van der Waals surface area contributed by atoms with E-state index in [1.807, 2.05) is 0 Å². The second-order valence-corrected chi connectivity index (χ2v) is 12.0. The summed E-state index contributed by atoms with van der Waals surface area (Å²) in [6.45, 7) is 6.94. The van der Waals surface area contributed by atoms with E-state index in [4.69, 9.17) is 9.31 Å². The van der Waals surface area contributed by atoms with Crippen LogP contribution in [0.15, 0.2) is 0 Å². The van der Waals surface area contributed by atoms with Crippen LogP contribution in [0.1, 0.15) is 85.0 Å². The van der Waals surface area contributed by atoms with E-state index >= 15 is 0 Å². The van der Waals surface area contributed by atoms with Crippen LogP contribution >= 0.6 is 0 Å². The highest BCUT2D eigenvalue weighted by Crippen LogP contribution is 2.69. The molecule has 0 aromatic heterocycles. The van der Waals surface area contributed by atoms with E-state index in [9.17, 15) is 15.0 Å². The van der Waals surface area contributed by atoms with Crippen molar-refractivity contribution in [2.45, 2.75) is 109 Å². The zero-order valence-electron chi connectivity index (χ0n) is 19.6. The van der Waals surface area contributed by atoms with Gasteiger partial charge in [0.05, 0.1) is 18.8 Å². The average Bonchev–Trinajstić information content (AvgIpc) is 3.01. The largest absolute Gasteiger partial charge is 0.457 e. The lowest BCUT2D eigenvalue weighted by Crippen LogP contribution is -2.66. The lowest BCUT2D eigenvalue weighted by atomic mass is 9.43. The molecule has 4 saturated carbocycles. The van der Waals surface area contributed by atoms with Crippen LogP contribution < -0.4 is 0 Å². The summed E-state index contributed by atoms with van der Waals surface area (Å²) >= 11 is 0. The first-order valence-corrected chi connectivity index (χ1v) is 12.9. The number of fused-ring (bicyclic) bond motifs is 6. The number of carbonyl (C=O) groups excluding carboxylic acids is 1. The Kier molecular flexibility index (Phi) is 5.64. The van der Waals surface area contributed by atoms with Crippen LogP contribution in [-0.2, 0) is 14.1 Å². The first-order chi connectivity index (χ1) is 14.7. The summed E-state index contributed by atoms with van der Waals surface area (Å²) in [4.78, 5) is 13.3. The van der Waals surface area contributed by atoms with Crippen LogP contribution in [0.5, 0.6) is 0 Å². The molecule has 0 unspecified atom stereocenters. The Balaban J connectivity index is 1.45. The van der Waals surface area contributed by atoms with Gasteiger partial charge < -0.3 is 19.5 Å². The fourth-order valence-corrected chi connectivity index (χ4v) is 9.12. The molecule has 31 heavy (non-hydrogen) atoms. The summed E-state index contributed by atoms with van der Waals surface area (Å²) in [5.41, 5.74) is -1.01. The molecule has 4 aliphatic carbocycles. The molecule has 0 aromatic carbocycles. The van der Waals surface area contributed by atoms with Crippen molar-refractivity contribution in [2.75, 3.05) is 6.61 Å². The van der Waals surface area contributed by atoms with E-state index in [0.717, 1.165) is 64.1 Å². The number of hydrogen-bond acceptors (Lipinski definition) is 5. The Morgan fingerprint density at radius 2 is 1.94 bits per heavy atom. The zero-order valence-corrected chi connectivity index (χ0v) is 19.6. The molecule has 0 bridgehead atoms. The molecule has 1 saturated heterocycles. The fourth-order valence-electron chi connectivity index (χ4n) is 9.12. The Bertz CT molecular complexity index is 716.